The number of amides is 1. The van der Waals surface area contributed by atoms with Crippen LogP contribution >= 0.6 is 0 Å². The molecule has 0 saturated carbocycles. The Morgan fingerprint density at radius 2 is 1.35 bits per heavy atom. The molecule has 2 aliphatic rings. The van der Waals surface area contributed by atoms with E-state index in [1.165, 1.54) is 4.90 Å². The van der Waals surface area contributed by atoms with Crippen molar-refractivity contribution in [1.82, 2.24) is 4.90 Å². The summed E-state index contributed by atoms with van der Waals surface area (Å²) >= 11 is 0. The second kappa shape index (κ2) is 13.6. The van der Waals surface area contributed by atoms with Crippen molar-refractivity contribution in [2.24, 2.45) is 5.92 Å². The first-order valence-electron chi connectivity index (χ1n) is 15.1. The quantitative estimate of drug-likeness (QED) is 0.180. The molecule has 2 aliphatic heterocycles. The molecule has 266 valence electrons. The molecule has 0 spiro atoms. The van der Waals surface area contributed by atoms with E-state index >= 15 is 0 Å². The van der Waals surface area contributed by atoms with Gasteiger partial charge in [0, 0.05) is 43.3 Å². The Labute approximate surface area is 275 Å². The normalized spacial score (nSPS) is 18.0. The minimum atomic E-state index is -6.21. The zero-order valence-electron chi connectivity index (χ0n) is 25.6. The van der Waals surface area contributed by atoms with E-state index in [1.54, 1.807) is 0 Å². The number of piperidine rings is 1. The number of carbonyl (C=O) groups excluding carboxylic acids is 1. The third-order valence-electron chi connectivity index (χ3n) is 9.20. The highest BCUT2D eigenvalue weighted by Crippen LogP contribution is 2.54. The van der Waals surface area contributed by atoms with E-state index in [9.17, 15) is 52.7 Å². The molecule has 0 aliphatic carbocycles. The van der Waals surface area contributed by atoms with Crippen molar-refractivity contribution in [2.45, 2.75) is 59.9 Å². The largest absolute Gasteiger partial charge is 0.430 e. The lowest BCUT2D eigenvalue weighted by molar-refractivity contribution is -0.392. The van der Waals surface area contributed by atoms with Crippen LogP contribution in [0.3, 0.4) is 0 Å². The summed E-state index contributed by atoms with van der Waals surface area (Å²) in [6.45, 7) is -1.22. The van der Waals surface area contributed by atoms with E-state index in [2.05, 4.69) is 4.74 Å². The third kappa shape index (κ3) is 6.66. The molecule has 16 heteroatoms. The van der Waals surface area contributed by atoms with E-state index < -0.39 is 67.7 Å². The summed E-state index contributed by atoms with van der Waals surface area (Å²) < 4.78 is 165. The smallest absolute Gasteiger partial charge is 0.381 e. The molecular weight excluding hydrogens is 693 g/mol. The van der Waals surface area contributed by atoms with Crippen molar-refractivity contribution >= 4 is 15.7 Å². The molecule has 1 amide bonds. The molecule has 3 aromatic carbocycles. The first-order valence-corrected chi connectivity index (χ1v) is 16.6. The molecule has 49 heavy (non-hydrogen) atoms. The fraction of sp³-hybridized carbons (Fsp3) is 0.424. The number of benzene rings is 3. The van der Waals surface area contributed by atoms with Crippen LogP contribution in [-0.2, 0) is 41.1 Å². The molecule has 0 aromatic heterocycles. The SMILES string of the molecule is O=C(C1CCOCC1)N1CCC(c2ccc(C(OCc3c(F)cccc3F)(C(F)(F)F)C(F)(F)F)cc2)(S(=O)(=O)c2ccc(F)cc2)CC1. The van der Waals surface area contributed by atoms with Gasteiger partial charge in [-0.15, -0.1) is 0 Å². The van der Waals surface area contributed by atoms with E-state index in [1.807, 2.05) is 0 Å². The zero-order valence-corrected chi connectivity index (χ0v) is 26.4. The Hall–Kier alpha value is -3.63. The van der Waals surface area contributed by atoms with Crippen LogP contribution in [0.25, 0.3) is 0 Å². The predicted octanol–water partition coefficient (Wildman–Crippen LogP) is 7.36. The lowest BCUT2D eigenvalue weighted by Gasteiger charge is -2.43. The van der Waals surface area contributed by atoms with Crippen LogP contribution < -0.4 is 0 Å². The number of halogens is 9. The van der Waals surface area contributed by atoms with Crippen LogP contribution in [-0.4, -0.2) is 57.9 Å². The first kappa shape index (κ1) is 36.6. The molecule has 0 bridgehead atoms. The standard InChI is InChI=1S/C33H30F9NO5S/c34-24-8-10-25(11-9-24)49(45,46)30(14-16-43(17-15-30)29(44)21-12-18-47-19-13-21)22-4-6-23(7-5-22)31(32(37,38)39,33(40,41)42)48-20-26-27(35)2-1-3-28(26)36/h1-11,21H,12-20H2. The lowest BCUT2D eigenvalue weighted by atomic mass is 9.84. The number of hydrogen-bond donors (Lipinski definition) is 0. The van der Waals surface area contributed by atoms with Crippen LogP contribution in [0.15, 0.2) is 71.6 Å². The highest BCUT2D eigenvalue weighted by atomic mass is 32.2. The van der Waals surface area contributed by atoms with Gasteiger partial charge in [0.15, 0.2) is 9.84 Å². The van der Waals surface area contributed by atoms with Gasteiger partial charge in [-0.1, -0.05) is 30.3 Å². The molecule has 2 fully saturated rings. The Morgan fingerprint density at radius 3 is 1.86 bits per heavy atom. The maximum atomic E-state index is 14.5. The Morgan fingerprint density at radius 1 is 0.816 bits per heavy atom. The number of alkyl halides is 6. The van der Waals surface area contributed by atoms with Crippen molar-refractivity contribution in [2.75, 3.05) is 26.3 Å². The number of sulfone groups is 1. The van der Waals surface area contributed by atoms with Gasteiger partial charge in [-0.3, -0.25) is 4.79 Å². The summed E-state index contributed by atoms with van der Waals surface area (Å²) in [6.07, 6.45) is -12.1. The average Bonchev–Trinajstić information content (AvgIpc) is 3.05. The van der Waals surface area contributed by atoms with Crippen LogP contribution in [0.2, 0.25) is 0 Å². The van der Waals surface area contributed by atoms with Crippen molar-refractivity contribution in [3.8, 4) is 0 Å². The fourth-order valence-electron chi connectivity index (χ4n) is 6.44. The molecule has 3 aromatic rings. The first-order chi connectivity index (χ1) is 22.9. The number of likely N-dealkylation sites (tertiary alicyclic amines) is 1. The number of carbonyl (C=O) groups is 1. The van der Waals surface area contributed by atoms with Gasteiger partial charge in [-0.05, 0) is 67.6 Å². The zero-order chi connectivity index (χ0) is 35.8. The van der Waals surface area contributed by atoms with Gasteiger partial charge >= 0.3 is 12.4 Å². The molecule has 0 N–H and O–H groups in total. The van der Waals surface area contributed by atoms with Crippen molar-refractivity contribution < 1.29 is 62.2 Å². The van der Waals surface area contributed by atoms with Gasteiger partial charge in [-0.25, -0.2) is 21.6 Å². The fourth-order valence-corrected chi connectivity index (χ4v) is 8.55. The van der Waals surface area contributed by atoms with Crippen molar-refractivity contribution in [3.63, 3.8) is 0 Å². The number of hydrogen-bond acceptors (Lipinski definition) is 5. The van der Waals surface area contributed by atoms with Gasteiger partial charge in [0.1, 0.15) is 22.2 Å². The minimum Gasteiger partial charge on any atom is -0.381 e. The highest BCUT2D eigenvalue weighted by Gasteiger charge is 2.73. The Kier molecular flexibility index (Phi) is 10.2. The molecule has 0 unspecified atom stereocenters. The van der Waals surface area contributed by atoms with E-state index in [0.29, 0.717) is 50.3 Å². The maximum Gasteiger partial charge on any atom is 0.430 e. The Bertz CT molecular complexity index is 1710. The monoisotopic (exact) mass is 723 g/mol. The highest BCUT2D eigenvalue weighted by molar-refractivity contribution is 7.92. The van der Waals surface area contributed by atoms with Crippen LogP contribution in [0, 0.1) is 23.4 Å². The summed E-state index contributed by atoms with van der Waals surface area (Å²) in [4.78, 5) is 14.3. The molecule has 5 rings (SSSR count). The molecule has 2 heterocycles. The molecule has 0 radical (unpaired) electrons. The third-order valence-corrected chi connectivity index (χ3v) is 11.8. The summed E-state index contributed by atoms with van der Waals surface area (Å²) in [5.41, 5.74) is -7.94. The number of nitrogens with zero attached hydrogens (tertiary/aromatic N) is 1. The van der Waals surface area contributed by atoms with Gasteiger partial charge < -0.3 is 14.4 Å². The van der Waals surface area contributed by atoms with Gasteiger partial charge in [0.25, 0.3) is 5.60 Å². The maximum absolute atomic E-state index is 14.5. The van der Waals surface area contributed by atoms with Crippen molar-refractivity contribution in [1.29, 1.82) is 0 Å². The van der Waals surface area contributed by atoms with E-state index in [0.717, 1.165) is 42.5 Å². The molecular formula is C33H30F9NO5S. The van der Waals surface area contributed by atoms with Gasteiger partial charge in [0.2, 0.25) is 5.91 Å². The van der Waals surface area contributed by atoms with E-state index in [-0.39, 0.29) is 48.2 Å². The molecule has 6 nitrogen and oxygen atoms in total. The topological polar surface area (TPSA) is 72.9 Å². The molecule has 2 saturated heterocycles. The summed E-state index contributed by atoms with van der Waals surface area (Å²) in [5, 5.41) is 0. The Balaban J connectivity index is 1.56. The van der Waals surface area contributed by atoms with Gasteiger partial charge in [-0.2, -0.15) is 26.3 Å². The average molecular weight is 724 g/mol. The van der Waals surface area contributed by atoms with Gasteiger partial charge in [0.05, 0.1) is 11.5 Å². The number of ether oxygens (including phenoxy) is 2. The van der Waals surface area contributed by atoms with Crippen LogP contribution in [0.4, 0.5) is 39.5 Å². The summed E-state index contributed by atoms with van der Waals surface area (Å²) in [6, 6.07) is 8.35. The van der Waals surface area contributed by atoms with Crippen molar-refractivity contribution in [3.05, 3.63) is 101 Å². The van der Waals surface area contributed by atoms with E-state index in [4.69, 9.17) is 4.74 Å². The second-order valence-corrected chi connectivity index (χ2v) is 14.2. The van der Waals surface area contributed by atoms with Crippen LogP contribution in [0.1, 0.15) is 42.4 Å². The minimum absolute atomic E-state index is 0.106. The predicted molar refractivity (Wildman–Crippen MR) is 156 cm³/mol. The second-order valence-electron chi connectivity index (χ2n) is 11.9. The molecule has 0 atom stereocenters. The number of rotatable bonds is 8. The summed E-state index contributed by atoms with van der Waals surface area (Å²) in [7, 11) is -4.51. The van der Waals surface area contributed by atoms with Crippen LogP contribution in [0.5, 0.6) is 0 Å². The summed E-state index contributed by atoms with van der Waals surface area (Å²) in [5.74, 6) is -4.19. The lowest BCUT2D eigenvalue weighted by Crippen LogP contribution is -2.56.